The van der Waals surface area contributed by atoms with Crippen LogP contribution in [-0.2, 0) is 16.8 Å². The van der Waals surface area contributed by atoms with Crippen LogP contribution in [0.25, 0.3) is 0 Å². The number of nitrogens with zero attached hydrogens (tertiary/aromatic N) is 1. The van der Waals surface area contributed by atoms with E-state index in [4.69, 9.17) is 4.74 Å². The fourth-order valence-electron chi connectivity index (χ4n) is 3.80. The number of benzene rings is 2. The summed E-state index contributed by atoms with van der Waals surface area (Å²) in [7, 11) is 1.62. The average molecular weight is 382 g/mol. The van der Waals surface area contributed by atoms with Gasteiger partial charge in [-0.1, -0.05) is 42.5 Å². The van der Waals surface area contributed by atoms with Crippen molar-refractivity contribution < 1.29 is 19.4 Å². The van der Waals surface area contributed by atoms with Crippen LogP contribution >= 0.6 is 0 Å². The SMILES string of the molecule is COc1ccc(CNC(=O)CC2(c3ccccc3)CCN(C(=O)O)CC2)cc1. The lowest BCUT2D eigenvalue weighted by Crippen LogP contribution is -2.46. The summed E-state index contributed by atoms with van der Waals surface area (Å²) in [6, 6.07) is 17.6. The molecule has 0 unspecified atom stereocenters. The highest BCUT2D eigenvalue weighted by molar-refractivity contribution is 5.78. The van der Waals surface area contributed by atoms with Gasteiger partial charge in [-0.3, -0.25) is 4.79 Å². The number of hydrogen-bond acceptors (Lipinski definition) is 3. The van der Waals surface area contributed by atoms with Crippen molar-refractivity contribution in [3.05, 3.63) is 65.7 Å². The van der Waals surface area contributed by atoms with Crippen LogP contribution in [0.1, 0.15) is 30.4 Å². The zero-order valence-corrected chi connectivity index (χ0v) is 16.1. The summed E-state index contributed by atoms with van der Waals surface area (Å²) in [6.07, 6.45) is 0.727. The van der Waals surface area contributed by atoms with Gasteiger partial charge in [0.1, 0.15) is 5.75 Å². The zero-order chi connectivity index (χ0) is 20.0. The van der Waals surface area contributed by atoms with E-state index in [0.717, 1.165) is 16.9 Å². The Morgan fingerprint density at radius 3 is 2.29 bits per heavy atom. The molecule has 2 aromatic carbocycles. The molecule has 2 aromatic rings. The van der Waals surface area contributed by atoms with Crippen LogP contribution in [0, 0.1) is 0 Å². The Kier molecular flexibility index (Phi) is 6.19. The van der Waals surface area contributed by atoms with Gasteiger partial charge in [0, 0.05) is 31.5 Å². The summed E-state index contributed by atoms with van der Waals surface area (Å²) >= 11 is 0. The Morgan fingerprint density at radius 1 is 1.07 bits per heavy atom. The Balaban J connectivity index is 1.67. The molecule has 148 valence electrons. The van der Waals surface area contributed by atoms with Crippen LogP contribution in [0.5, 0.6) is 5.75 Å². The maximum absolute atomic E-state index is 12.7. The summed E-state index contributed by atoms with van der Waals surface area (Å²) < 4.78 is 5.15. The fraction of sp³-hybridized carbons (Fsp3) is 0.364. The molecule has 0 atom stereocenters. The predicted molar refractivity (Wildman–Crippen MR) is 106 cm³/mol. The smallest absolute Gasteiger partial charge is 0.407 e. The highest BCUT2D eigenvalue weighted by Crippen LogP contribution is 2.38. The Labute approximate surface area is 165 Å². The van der Waals surface area contributed by atoms with E-state index in [1.165, 1.54) is 4.90 Å². The molecular formula is C22H26N2O4. The van der Waals surface area contributed by atoms with Crippen molar-refractivity contribution in [2.45, 2.75) is 31.2 Å². The van der Waals surface area contributed by atoms with Gasteiger partial charge < -0.3 is 20.1 Å². The van der Waals surface area contributed by atoms with Gasteiger partial charge in [0.2, 0.25) is 5.91 Å². The molecular weight excluding hydrogens is 356 g/mol. The number of piperidine rings is 1. The second kappa shape index (κ2) is 8.78. The van der Waals surface area contributed by atoms with Crippen molar-refractivity contribution in [2.24, 2.45) is 0 Å². The first-order valence-electron chi connectivity index (χ1n) is 9.45. The normalized spacial score (nSPS) is 15.7. The molecule has 3 rings (SSSR count). The minimum atomic E-state index is -0.898. The molecule has 0 bridgehead atoms. The number of methoxy groups -OCH3 is 1. The molecule has 0 aliphatic carbocycles. The number of carboxylic acid groups (broad SMARTS) is 1. The van der Waals surface area contributed by atoms with Crippen molar-refractivity contribution in [3.8, 4) is 5.75 Å². The van der Waals surface area contributed by atoms with Gasteiger partial charge in [-0.25, -0.2) is 4.79 Å². The molecule has 0 saturated carbocycles. The highest BCUT2D eigenvalue weighted by Gasteiger charge is 2.39. The summed E-state index contributed by atoms with van der Waals surface area (Å²) in [5.74, 6) is 0.756. The van der Waals surface area contributed by atoms with Crippen LogP contribution in [0.2, 0.25) is 0 Å². The third kappa shape index (κ3) is 4.63. The molecule has 6 heteroatoms. The van der Waals surface area contributed by atoms with Gasteiger partial charge in [0.05, 0.1) is 7.11 Å². The topological polar surface area (TPSA) is 78.9 Å². The van der Waals surface area contributed by atoms with E-state index in [1.807, 2.05) is 54.6 Å². The van der Waals surface area contributed by atoms with Gasteiger partial charge >= 0.3 is 6.09 Å². The van der Waals surface area contributed by atoms with Gasteiger partial charge in [0.25, 0.3) is 0 Å². The lowest BCUT2D eigenvalue weighted by molar-refractivity contribution is -0.123. The van der Waals surface area contributed by atoms with Crippen LogP contribution in [0.4, 0.5) is 4.79 Å². The maximum atomic E-state index is 12.7. The van der Waals surface area contributed by atoms with Crippen LogP contribution in [-0.4, -0.2) is 42.2 Å². The van der Waals surface area contributed by atoms with Crippen molar-refractivity contribution >= 4 is 12.0 Å². The number of likely N-dealkylation sites (tertiary alicyclic amines) is 1. The molecule has 0 radical (unpaired) electrons. The summed E-state index contributed by atoms with van der Waals surface area (Å²) in [5.41, 5.74) is 1.76. The van der Waals surface area contributed by atoms with E-state index < -0.39 is 6.09 Å². The molecule has 2 N–H and O–H groups in total. The molecule has 1 fully saturated rings. The lowest BCUT2D eigenvalue weighted by Gasteiger charge is -2.41. The quantitative estimate of drug-likeness (QED) is 0.802. The molecule has 1 aliphatic rings. The summed E-state index contributed by atoms with van der Waals surface area (Å²) in [6.45, 7) is 1.33. The fourth-order valence-corrected chi connectivity index (χ4v) is 3.80. The van der Waals surface area contributed by atoms with Gasteiger partial charge in [-0.05, 0) is 36.1 Å². The number of ether oxygens (including phenoxy) is 1. The van der Waals surface area contributed by atoms with E-state index in [-0.39, 0.29) is 11.3 Å². The number of hydrogen-bond donors (Lipinski definition) is 2. The Morgan fingerprint density at radius 2 is 1.71 bits per heavy atom. The minimum absolute atomic E-state index is 0.0246. The molecule has 28 heavy (non-hydrogen) atoms. The van der Waals surface area contributed by atoms with Crippen LogP contribution in [0.15, 0.2) is 54.6 Å². The van der Waals surface area contributed by atoms with Crippen molar-refractivity contribution in [1.82, 2.24) is 10.2 Å². The average Bonchev–Trinajstić information content (AvgIpc) is 2.73. The molecule has 0 spiro atoms. The predicted octanol–water partition coefficient (Wildman–Crippen LogP) is 3.41. The van der Waals surface area contributed by atoms with Gasteiger partial charge in [-0.15, -0.1) is 0 Å². The second-order valence-corrected chi connectivity index (χ2v) is 7.22. The van der Waals surface area contributed by atoms with E-state index in [9.17, 15) is 14.7 Å². The van der Waals surface area contributed by atoms with Crippen molar-refractivity contribution in [2.75, 3.05) is 20.2 Å². The standard InChI is InChI=1S/C22H26N2O4/c1-28-19-9-7-17(8-10-19)16-23-20(25)15-22(18-5-3-2-4-6-18)11-13-24(14-12-22)21(26)27/h2-10H,11-16H2,1H3,(H,23,25)(H,26,27). The van der Waals surface area contributed by atoms with Crippen molar-refractivity contribution in [3.63, 3.8) is 0 Å². The molecule has 1 saturated heterocycles. The van der Waals surface area contributed by atoms with E-state index >= 15 is 0 Å². The first kappa shape index (κ1) is 19.7. The number of nitrogens with one attached hydrogen (secondary N) is 1. The van der Waals surface area contributed by atoms with Gasteiger partial charge in [0.15, 0.2) is 0 Å². The molecule has 1 aliphatic heterocycles. The Hall–Kier alpha value is -3.02. The van der Waals surface area contributed by atoms with E-state index in [0.29, 0.717) is 38.9 Å². The maximum Gasteiger partial charge on any atom is 0.407 e. The van der Waals surface area contributed by atoms with Crippen LogP contribution < -0.4 is 10.1 Å². The molecule has 1 heterocycles. The van der Waals surface area contributed by atoms with E-state index in [1.54, 1.807) is 7.11 Å². The largest absolute Gasteiger partial charge is 0.497 e. The van der Waals surface area contributed by atoms with Crippen LogP contribution in [0.3, 0.4) is 0 Å². The van der Waals surface area contributed by atoms with E-state index in [2.05, 4.69) is 5.32 Å². The number of amides is 2. The third-order valence-corrected chi connectivity index (χ3v) is 5.52. The first-order chi connectivity index (χ1) is 13.5. The highest BCUT2D eigenvalue weighted by atomic mass is 16.5. The zero-order valence-electron chi connectivity index (χ0n) is 16.1. The summed E-state index contributed by atoms with van der Waals surface area (Å²) in [5, 5.41) is 12.2. The Bertz CT molecular complexity index is 797. The minimum Gasteiger partial charge on any atom is -0.497 e. The monoisotopic (exact) mass is 382 g/mol. The first-order valence-corrected chi connectivity index (χ1v) is 9.45. The molecule has 0 aromatic heterocycles. The lowest BCUT2D eigenvalue weighted by atomic mass is 9.70. The number of carbonyl (C=O) groups excluding carboxylic acids is 1. The van der Waals surface area contributed by atoms with Crippen molar-refractivity contribution in [1.29, 1.82) is 0 Å². The second-order valence-electron chi connectivity index (χ2n) is 7.22. The number of carbonyl (C=O) groups is 2. The van der Waals surface area contributed by atoms with Gasteiger partial charge in [-0.2, -0.15) is 0 Å². The number of rotatable bonds is 6. The third-order valence-electron chi connectivity index (χ3n) is 5.52. The molecule has 2 amide bonds. The summed E-state index contributed by atoms with van der Waals surface area (Å²) in [4.78, 5) is 25.4. The molecule has 6 nitrogen and oxygen atoms in total.